The number of fused-ring (bicyclic) bond motifs is 4. The summed E-state index contributed by atoms with van der Waals surface area (Å²) in [7, 11) is 0. The van der Waals surface area contributed by atoms with Crippen molar-refractivity contribution in [2.75, 3.05) is 6.61 Å². The van der Waals surface area contributed by atoms with Crippen molar-refractivity contribution in [3.05, 3.63) is 59.7 Å². The third-order valence-corrected chi connectivity index (χ3v) is 7.97. The van der Waals surface area contributed by atoms with Gasteiger partial charge in [-0.05, 0) is 53.9 Å². The van der Waals surface area contributed by atoms with Gasteiger partial charge in [0, 0.05) is 12.0 Å². The van der Waals surface area contributed by atoms with Crippen molar-refractivity contribution in [3.63, 3.8) is 0 Å². The van der Waals surface area contributed by atoms with Crippen molar-refractivity contribution in [1.29, 1.82) is 0 Å². The summed E-state index contributed by atoms with van der Waals surface area (Å²) in [5.74, 6) is -1.13. The van der Waals surface area contributed by atoms with Gasteiger partial charge in [0.15, 0.2) is 0 Å². The van der Waals surface area contributed by atoms with Crippen LogP contribution in [0.25, 0.3) is 11.1 Å². The van der Waals surface area contributed by atoms with Crippen LogP contribution in [0.5, 0.6) is 0 Å². The Kier molecular flexibility index (Phi) is 6.50. The van der Waals surface area contributed by atoms with Gasteiger partial charge in [-0.2, -0.15) is 0 Å². The molecule has 7 heteroatoms. The molecule has 2 aromatic rings. The molecule has 3 aliphatic rings. The number of hydrogen-bond donors (Lipinski definition) is 2. The molecule has 2 amide bonds. The molecule has 1 saturated heterocycles. The first-order valence-corrected chi connectivity index (χ1v) is 12.7. The molecule has 2 aliphatic carbocycles. The minimum Gasteiger partial charge on any atom is -0.480 e. The Bertz CT molecular complexity index is 1090. The summed E-state index contributed by atoms with van der Waals surface area (Å²) < 4.78 is 5.63. The predicted molar refractivity (Wildman–Crippen MR) is 131 cm³/mol. The Labute approximate surface area is 205 Å². The fourth-order valence-corrected chi connectivity index (χ4v) is 6.30. The van der Waals surface area contributed by atoms with Crippen molar-refractivity contribution in [1.82, 2.24) is 10.2 Å². The third-order valence-electron chi connectivity index (χ3n) is 7.97. The van der Waals surface area contributed by atoms with E-state index in [2.05, 4.69) is 29.6 Å². The van der Waals surface area contributed by atoms with Gasteiger partial charge in [0.05, 0.1) is 0 Å². The number of alkyl carbamates (subject to hydrolysis) is 1. The molecule has 184 valence electrons. The van der Waals surface area contributed by atoms with Crippen molar-refractivity contribution in [2.45, 2.75) is 69.5 Å². The Hall–Kier alpha value is -3.35. The topological polar surface area (TPSA) is 95.9 Å². The van der Waals surface area contributed by atoms with E-state index in [-0.39, 0.29) is 30.4 Å². The summed E-state index contributed by atoms with van der Waals surface area (Å²) in [6.45, 7) is 1.98. The Morgan fingerprint density at radius 2 is 1.66 bits per heavy atom. The van der Waals surface area contributed by atoms with Gasteiger partial charge < -0.3 is 20.1 Å². The molecule has 1 heterocycles. The van der Waals surface area contributed by atoms with E-state index < -0.39 is 24.1 Å². The molecule has 2 fully saturated rings. The highest BCUT2D eigenvalue weighted by atomic mass is 16.5. The van der Waals surface area contributed by atoms with Gasteiger partial charge in [0.1, 0.15) is 18.7 Å². The summed E-state index contributed by atoms with van der Waals surface area (Å²) in [6.07, 6.45) is 4.05. The molecule has 4 atom stereocenters. The van der Waals surface area contributed by atoms with Gasteiger partial charge in [0.2, 0.25) is 5.91 Å². The molecule has 0 bridgehead atoms. The number of rotatable bonds is 6. The highest BCUT2D eigenvalue weighted by Gasteiger charge is 2.48. The first-order valence-electron chi connectivity index (χ1n) is 12.7. The maximum absolute atomic E-state index is 13.5. The molecule has 0 spiro atoms. The number of carboxylic acids is 1. The van der Waals surface area contributed by atoms with Crippen molar-refractivity contribution < 1.29 is 24.2 Å². The molecule has 5 rings (SSSR count). The van der Waals surface area contributed by atoms with E-state index in [1.165, 1.54) is 0 Å². The molecule has 0 aromatic heterocycles. The zero-order chi connectivity index (χ0) is 24.5. The van der Waals surface area contributed by atoms with Gasteiger partial charge >= 0.3 is 12.1 Å². The molecule has 0 radical (unpaired) electrons. The van der Waals surface area contributed by atoms with Crippen molar-refractivity contribution >= 4 is 18.0 Å². The average molecular weight is 477 g/mol. The number of nitrogens with zero attached hydrogens (tertiary/aromatic N) is 1. The van der Waals surface area contributed by atoms with E-state index in [9.17, 15) is 19.5 Å². The monoisotopic (exact) mass is 476 g/mol. The second-order valence-corrected chi connectivity index (χ2v) is 9.88. The molecular weight excluding hydrogens is 444 g/mol. The standard InChI is InChI=1S/C28H32N2O5/c1-2-23(26(31)30-24-14-8-3-9-17(24)15-25(30)27(32)33)29-28(34)35-16-22-20-12-6-4-10-18(20)19-11-5-7-13-21(19)22/h4-7,10-13,17,22-25H,2-3,8-9,14-16H2,1H3,(H,29,34)(H,32,33)/t17?,23-,24?,25?/m0/s1. The van der Waals surface area contributed by atoms with E-state index in [4.69, 9.17) is 4.74 Å². The van der Waals surface area contributed by atoms with Gasteiger partial charge in [-0.15, -0.1) is 0 Å². The van der Waals surface area contributed by atoms with E-state index in [1.54, 1.807) is 4.90 Å². The minimum atomic E-state index is -0.969. The number of hydrogen-bond acceptors (Lipinski definition) is 4. The van der Waals surface area contributed by atoms with Crippen LogP contribution in [0.1, 0.15) is 62.5 Å². The SMILES string of the molecule is CC[C@H](NC(=O)OCC1c2ccccc2-c2ccccc21)C(=O)N1C(C(=O)O)CC2CCCCC21. The van der Waals surface area contributed by atoms with E-state index >= 15 is 0 Å². The van der Waals surface area contributed by atoms with Gasteiger partial charge in [0.25, 0.3) is 0 Å². The molecule has 2 aromatic carbocycles. The third kappa shape index (κ3) is 4.28. The second-order valence-electron chi connectivity index (χ2n) is 9.88. The number of ether oxygens (including phenoxy) is 1. The van der Waals surface area contributed by atoms with Gasteiger partial charge in [-0.1, -0.05) is 68.3 Å². The largest absolute Gasteiger partial charge is 0.480 e. The fourth-order valence-electron chi connectivity index (χ4n) is 6.30. The first-order chi connectivity index (χ1) is 17.0. The summed E-state index contributed by atoms with van der Waals surface area (Å²) in [4.78, 5) is 39.7. The highest BCUT2D eigenvalue weighted by Crippen LogP contribution is 2.44. The molecule has 1 saturated carbocycles. The van der Waals surface area contributed by atoms with Crippen LogP contribution >= 0.6 is 0 Å². The number of aliphatic carboxylic acids is 1. The van der Waals surface area contributed by atoms with E-state index in [0.29, 0.717) is 12.8 Å². The molecule has 2 N–H and O–H groups in total. The number of carbonyl (C=O) groups excluding carboxylic acids is 2. The molecule has 1 aliphatic heterocycles. The van der Waals surface area contributed by atoms with Gasteiger partial charge in [-0.3, -0.25) is 4.79 Å². The van der Waals surface area contributed by atoms with E-state index in [1.807, 2.05) is 31.2 Å². The number of likely N-dealkylation sites (tertiary alicyclic amines) is 1. The summed E-state index contributed by atoms with van der Waals surface area (Å²) in [6, 6.07) is 14.5. The van der Waals surface area contributed by atoms with Crippen LogP contribution in [0.2, 0.25) is 0 Å². The summed E-state index contributed by atoms with van der Waals surface area (Å²) >= 11 is 0. The van der Waals surface area contributed by atoms with Crippen LogP contribution in [0.15, 0.2) is 48.5 Å². The Morgan fingerprint density at radius 1 is 1.03 bits per heavy atom. The maximum Gasteiger partial charge on any atom is 0.407 e. The maximum atomic E-state index is 13.5. The quantitative estimate of drug-likeness (QED) is 0.638. The van der Waals surface area contributed by atoms with Crippen LogP contribution in [0.3, 0.4) is 0 Å². The van der Waals surface area contributed by atoms with Crippen LogP contribution in [0.4, 0.5) is 4.79 Å². The number of benzene rings is 2. The van der Waals surface area contributed by atoms with E-state index in [0.717, 1.165) is 47.9 Å². The first kappa shape index (κ1) is 23.4. The number of nitrogens with one attached hydrogen (secondary N) is 1. The average Bonchev–Trinajstić information content (AvgIpc) is 3.42. The number of carboxylic acid groups (broad SMARTS) is 1. The van der Waals surface area contributed by atoms with Crippen molar-refractivity contribution in [2.24, 2.45) is 5.92 Å². The highest BCUT2D eigenvalue weighted by molar-refractivity contribution is 5.90. The van der Waals surface area contributed by atoms with Crippen LogP contribution in [0, 0.1) is 5.92 Å². The lowest BCUT2D eigenvalue weighted by atomic mass is 9.84. The number of carbonyl (C=O) groups is 3. The Morgan fingerprint density at radius 3 is 2.29 bits per heavy atom. The van der Waals surface area contributed by atoms with Crippen LogP contribution in [-0.4, -0.2) is 52.7 Å². The lowest BCUT2D eigenvalue weighted by molar-refractivity contribution is -0.150. The molecular formula is C28H32N2O5. The Balaban J connectivity index is 1.26. The van der Waals surface area contributed by atoms with Crippen molar-refractivity contribution in [3.8, 4) is 11.1 Å². The van der Waals surface area contributed by atoms with Crippen LogP contribution in [-0.2, 0) is 14.3 Å². The number of amides is 2. The fraction of sp³-hybridized carbons (Fsp3) is 0.464. The van der Waals surface area contributed by atoms with Crippen LogP contribution < -0.4 is 5.32 Å². The van der Waals surface area contributed by atoms with Gasteiger partial charge in [-0.25, -0.2) is 9.59 Å². The lowest BCUT2D eigenvalue weighted by Gasteiger charge is -2.35. The lowest BCUT2D eigenvalue weighted by Crippen LogP contribution is -2.54. The normalized spacial score (nSPS) is 23.7. The predicted octanol–water partition coefficient (Wildman–Crippen LogP) is 4.55. The second kappa shape index (κ2) is 9.72. The molecule has 7 nitrogen and oxygen atoms in total. The summed E-state index contributed by atoms with van der Waals surface area (Å²) in [5.41, 5.74) is 4.53. The minimum absolute atomic E-state index is 0.0595. The smallest absolute Gasteiger partial charge is 0.407 e. The summed E-state index contributed by atoms with van der Waals surface area (Å²) in [5, 5.41) is 12.5. The molecule has 35 heavy (non-hydrogen) atoms. The molecule has 3 unspecified atom stereocenters. The zero-order valence-corrected chi connectivity index (χ0v) is 20.0. The zero-order valence-electron chi connectivity index (χ0n) is 20.0.